The van der Waals surface area contributed by atoms with Crippen molar-refractivity contribution in [2.75, 3.05) is 0 Å². The summed E-state index contributed by atoms with van der Waals surface area (Å²) in [4.78, 5) is 0. The molecule has 0 aromatic heterocycles. The summed E-state index contributed by atoms with van der Waals surface area (Å²) in [5.41, 5.74) is 0.519. The van der Waals surface area contributed by atoms with Crippen LogP contribution in [0.1, 0.15) is 59.8 Å². The van der Waals surface area contributed by atoms with Gasteiger partial charge in [-0.05, 0) is 25.2 Å². The molecule has 2 unspecified atom stereocenters. The minimum absolute atomic E-state index is 0.519. The van der Waals surface area contributed by atoms with Crippen LogP contribution in [0.2, 0.25) is 0 Å². The van der Waals surface area contributed by atoms with Crippen LogP contribution >= 0.6 is 0 Å². The summed E-state index contributed by atoms with van der Waals surface area (Å²) >= 11 is 0. The first-order valence-corrected chi connectivity index (χ1v) is 5.91. The van der Waals surface area contributed by atoms with Gasteiger partial charge in [0, 0.05) is 11.6 Å². The highest BCUT2D eigenvalue weighted by molar-refractivity contribution is 5.02. The van der Waals surface area contributed by atoms with E-state index in [4.69, 9.17) is 0 Å². The second-order valence-corrected chi connectivity index (χ2v) is 4.94. The van der Waals surface area contributed by atoms with Crippen LogP contribution in [0.25, 0.3) is 0 Å². The summed E-state index contributed by atoms with van der Waals surface area (Å²) in [5.74, 6) is 0.807. The second kappa shape index (κ2) is 4.45. The fourth-order valence-electron chi connectivity index (χ4n) is 2.31. The fraction of sp³-hybridized carbons (Fsp3) is 1.00. The van der Waals surface area contributed by atoms with Crippen molar-refractivity contribution in [1.82, 2.24) is 5.32 Å². The van der Waals surface area contributed by atoms with E-state index in [9.17, 15) is 0 Å². The average Bonchev–Trinajstić information content (AvgIpc) is 2.03. The maximum atomic E-state index is 3.78. The zero-order valence-electron chi connectivity index (χ0n) is 9.69. The molecule has 2 atom stereocenters. The van der Waals surface area contributed by atoms with E-state index in [0.29, 0.717) is 5.54 Å². The quantitative estimate of drug-likeness (QED) is 0.689. The third-order valence-electron chi connectivity index (χ3n) is 3.59. The van der Waals surface area contributed by atoms with Gasteiger partial charge >= 0.3 is 0 Å². The highest BCUT2D eigenvalue weighted by Crippen LogP contribution is 2.35. The predicted molar refractivity (Wildman–Crippen MR) is 58.9 cm³/mol. The van der Waals surface area contributed by atoms with Crippen molar-refractivity contribution >= 4 is 0 Å². The van der Waals surface area contributed by atoms with Gasteiger partial charge in [0.25, 0.3) is 0 Å². The molecular formula is C12H25N. The molecule has 78 valence electrons. The number of rotatable bonds is 5. The standard InChI is InChI=1S/C12H25N/c1-5-7-8-12(6-2)9-11(13-12)10(3)4/h10-11,13H,5-9H2,1-4H3. The molecule has 0 aliphatic carbocycles. The smallest absolute Gasteiger partial charge is 0.0196 e. The summed E-state index contributed by atoms with van der Waals surface area (Å²) < 4.78 is 0. The van der Waals surface area contributed by atoms with Gasteiger partial charge in [0.1, 0.15) is 0 Å². The Hall–Kier alpha value is -0.0400. The predicted octanol–water partition coefficient (Wildman–Crippen LogP) is 3.34. The number of nitrogens with one attached hydrogen (secondary N) is 1. The van der Waals surface area contributed by atoms with Crippen molar-refractivity contribution in [3.05, 3.63) is 0 Å². The van der Waals surface area contributed by atoms with E-state index in [-0.39, 0.29) is 0 Å². The first-order chi connectivity index (χ1) is 6.13. The molecule has 1 aliphatic rings. The monoisotopic (exact) mass is 183 g/mol. The van der Waals surface area contributed by atoms with E-state index in [1.165, 1.54) is 32.1 Å². The zero-order valence-corrected chi connectivity index (χ0v) is 9.69. The van der Waals surface area contributed by atoms with Crippen LogP contribution in [-0.4, -0.2) is 11.6 Å². The Morgan fingerprint density at radius 3 is 2.38 bits per heavy atom. The minimum Gasteiger partial charge on any atom is -0.308 e. The van der Waals surface area contributed by atoms with Crippen LogP contribution in [-0.2, 0) is 0 Å². The van der Waals surface area contributed by atoms with Crippen molar-refractivity contribution < 1.29 is 0 Å². The number of hydrogen-bond donors (Lipinski definition) is 1. The second-order valence-electron chi connectivity index (χ2n) is 4.94. The Morgan fingerprint density at radius 1 is 1.38 bits per heavy atom. The first kappa shape index (κ1) is 11.0. The molecule has 0 spiro atoms. The van der Waals surface area contributed by atoms with Crippen LogP contribution in [0.3, 0.4) is 0 Å². The van der Waals surface area contributed by atoms with Crippen LogP contribution in [0.4, 0.5) is 0 Å². The van der Waals surface area contributed by atoms with Gasteiger partial charge in [0.05, 0.1) is 0 Å². The molecule has 1 heterocycles. The Morgan fingerprint density at radius 2 is 2.00 bits per heavy atom. The van der Waals surface area contributed by atoms with Crippen LogP contribution in [0.15, 0.2) is 0 Å². The van der Waals surface area contributed by atoms with Gasteiger partial charge < -0.3 is 5.32 Å². The van der Waals surface area contributed by atoms with Crippen LogP contribution in [0.5, 0.6) is 0 Å². The van der Waals surface area contributed by atoms with Crippen molar-refractivity contribution in [2.24, 2.45) is 5.92 Å². The molecule has 1 aliphatic heterocycles. The average molecular weight is 183 g/mol. The highest BCUT2D eigenvalue weighted by atomic mass is 15.1. The summed E-state index contributed by atoms with van der Waals surface area (Å²) in [6.45, 7) is 9.23. The Kier molecular flexibility index (Phi) is 3.78. The molecule has 1 N–H and O–H groups in total. The first-order valence-electron chi connectivity index (χ1n) is 5.91. The SMILES string of the molecule is CCCCC1(CC)CC(C(C)C)N1. The molecular weight excluding hydrogens is 158 g/mol. The molecule has 0 aromatic carbocycles. The third-order valence-corrected chi connectivity index (χ3v) is 3.59. The fourth-order valence-corrected chi connectivity index (χ4v) is 2.31. The van der Waals surface area contributed by atoms with Crippen molar-refractivity contribution in [3.63, 3.8) is 0 Å². The molecule has 0 saturated carbocycles. The number of unbranched alkanes of at least 4 members (excludes halogenated alkanes) is 1. The van der Waals surface area contributed by atoms with Gasteiger partial charge in [0.2, 0.25) is 0 Å². The largest absolute Gasteiger partial charge is 0.308 e. The topological polar surface area (TPSA) is 12.0 Å². The van der Waals surface area contributed by atoms with Gasteiger partial charge in [-0.25, -0.2) is 0 Å². The number of hydrogen-bond acceptors (Lipinski definition) is 1. The zero-order chi connectivity index (χ0) is 9.90. The lowest BCUT2D eigenvalue weighted by atomic mass is 9.72. The van der Waals surface area contributed by atoms with Gasteiger partial charge in [-0.15, -0.1) is 0 Å². The van der Waals surface area contributed by atoms with Gasteiger partial charge in [-0.3, -0.25) is 0 Å². The van der Waals surface area contributed by atoms with Crippen molar-refractivity contribution in [1.29, 1.82) is 0 Å². The van der Waals surface area contributed by atoms with Gasteiger partial charge in [-0.2, -0.15) is 0 Å². The lowest BCUT2D eigenvalue weighted by Gasteiger charge is -2.51. The molecule has 0 aromatic rings. The van der Waals surface area contributed by atoms with Crippen LogP contribution in [0, 0.1) is 5.92 Å². The van der Waals surface area contributed by atoms with E-state index in [2.05, 4.69) is 33.0 Å². The lowest BCUT2D eigenvalue weighted by molar-refractivity contribution is 0.0867. The molecule has 0 bridgehead atoms. The Bertz CT molecular complexity index is 145. The van der Waals surface area contributed by atoms with E-state index < -0.39 is 0 Å². The molecule has 13 heavy (non-hydrogen) atoms. The third kappa shape index (κ3) is 2.46. The summed E-state index contributed by atoms with van der Waals surface area (Å²) in [5, 5.41) is 3.78. The van der Waals surface area contributed by atoms with E-state index >= 15 is 0 Å². The maximum Gasteiger partial charge on any atom is 0.0196 e. The van der Waals surface area contributed by atoms with Crippen molar-refractivity contribution in [3.8, 4) is 0 Å². The van der Waals surface area contributed by atoms with E-state index in [0.717, 1.165) is 12.0 Å². The highest BCUT2D eigenvalue weighted by Gasteiger charge is 2.42. The molecule has 0 amide bonds. The molecule has 1 saturated heterocycles. The molecule has 1 nitrogen and oxygen atoms in total. The summed E-state index contributed by atoms with van der Waals surface area (Å²) in [6, 6.07) is 0.789. The minimum atomic E-state index is 0.519. The normalized spacial score (nSPS) is 33.5. The molecule has 1 heteroatoms. The molecule has 1 fully saturated rings. The van der Waals surface area contributed by atoms with Gasteiger partial charge in [-0.1, -0.05) is 40.5 Å². The summed E-state index contributed by atoms with van der Waals surface area (Å²) in [6.07, 6.45) is 6.79. The summed E-state index contributed by atoms with van der Waals surface area (Å²) in [7, 11) is 0. The molecule has 0 radical (unpaired) electrons. The van der Waals surface area contributed by atoms with Gasteiger partial charge in [0.15, 0.2) is 0 Å². The molecule has 1 rings (SSSR count). The Balaban J connectivity index is 2.31. The lowest BCUT2D eigenvalue weighted by Crippen LogP contribution is -2.64. The van der Waals surface area contributed by atoms with E-state index in [1.807, 2.05) is 0 Å². The Labute approximate surface area is 83.3 Å². The van der Waals surface area contributed by atoms with E-state index in [1.54, 1.807) is 0 Å². The van der Waals surface area contributed by atoms with Crippen LogP contribution < -0.4 is 5.32 Å². The maximum absolute atomic E-state index is 3.78. The van der Waals surface area contributed by atoms with Crippen molar-refractivity contribution in [2.45, 2.75) is 71.4 Å².